The van der Waals surface area contributed by atoms with Crippen LogP contribution in [0.25, 0.3) is 0 Å². The molecule has 2 aromatic rings. The zero-order chi connectivity index (χ0) is 13.2. The highest BCUT2D eigenvalue weighted by Crippen LogP contribution is 2.34. The summed E-state index contributed by atoms with van der Waals surface area (Å²) < 4.78 is 6.02. The van der Waals surface area contributed by atoms with E-state index in [2.05, 4.69) is 45.9 Å². The van der Waals surface area contributed by atoms with Crippen LogP contribution >= 0.6 is 0 Å². The van der Waals surface area contributed by atoms with Gasteiger partial charge in [0.2, 0.25) is 0 Å². The van der Waals surface area contributed by atoms with Crippen LogP contribution in [0.5, 0.6) is 11.5 Å². The summed E-state index contributed by atoms with van der Waals surface area (Å²) in [6.45, 7) is 8.70. The Morgan fingerprint density at radius 2 is 1.56 bits per heavy atom. The van der Waals surface area contributed by atoms with Crippen LogP contribution in [0.3, 0.4) is 0 Å². The van der Waals surface area contributed by atoms with Crippen LogP contribution in [0.2, 0.25) is 0 Å². The Labute approximate surface area is 109 Å². The maximum Gasteiger partial charge on any atom is 0.131 e. The van der Waals surface area contributed by atoms with Gasteiger partial charge in [-0.05, 0) is 36.1 Å². The molecule has 0 atom stereocenters. The molecule has 0 heterocycles. The summed E-state index contributed by atoms with van der Waals surface area (Å²) in [6, 6.07) is 16.3. The minimum Gasteiger partial charge on any atom is -0.457 e. The highest BCUT2D eigenvalue weighted by atomic mass is 16.5. The molecule has 0 radical (unpaired) electrons. The largest absolute Gasteiger partial charge is 0.457 e. The summed E-state index contributed by atoms with van der Waals surface area (Å²) in [5.74, 6) is 1.84. The molecular weight excluding hydrogens is 220 g/mol. The highest BCUT2D eigenvalue weighted by Gasteiger charge is 2.19. The number of benzene rings is 2. The molecule has 0 aliphatic rings. The third kappa shape index (κ3) is 2.92. The Balaban J connectivity index is 2.40. The van der Waals surface area contributed by atoms with Gasteiger partial charge in [-0.25, -0.2) is 0 Å². The molecule has 0 amide bonds. The van der Waals surface area contributed by atoms with E-state index in [9.17, 15) is 0 Å². The third-order valence-corrected chi connectivity index (χ3v) is 2.92. The van der Waals surface area contributed by atoms with E-state index in [0.29, 0.717) is 0 Å². The van der Waals surface area contributed by atoms with Crippen molar-refractivity contribution in [3.63, 3.8) is 0 Å². The number of ether oxygens (including phenoxy) is 1. The van der Waals surface area contributed by atoms with E-state index in [1.54, 1.807) is 0 Å². The molecule has 0 aliphatic carbocycles. The van der Waals surface area contributed by atoms with Crippen molar-refractivity contribution in [2.75, 3.05) is 0 Å². The molecule has 94 valence electrons. The lowest BCUT2D eigenvalue weighted by Crippen LogP contribution is -2.12. The highest BCUT2D eigenvalue weighted by molar-refractivity contribution is 5.43. The van der Waals surface area contributed by atoms with E-state index in [1.165, 1.54) is 11.1 Å². The number of hydrogen-bond acceptors (Lipinski definition) is 1. The first kappa shape index (κ1) is 12.7. The van der Waals surface area contributed by atoms with Gasteiger partial charge in [0.15, 0.2) is 0 Å². The van der Waals surface area contributed by atoms with E-state index in [-0.39, 0.29) is 5.41 Å². The van der Waals surface area contributed by atoms with Crippen molar-refractivity contribution in [1.82, 2.24) is 0 Å². The molecule has 1 heteroatoms. The van der Waals surface area contributed by atoms with Crippen LogP contribution < -0.4 is 4.74 Å². The van der Waals surface area contributed by atoms with Crippen LogP contribution in [0.4, 0.5) is 0 Å². The maximum absolute atomic E-state index is 6.02. The Bertz CT molecular complexity index is 521. The zero-order valence-corrected chi connectivity index (χ0v) is 11.5. The lowest BCUT2D eigenvalue weighted by Gasteiger charge is -2.23. The van der Waals surface area contributed by atoms with Gasteiger partial charge in [0.05, 0.1) is 0 Å². The summed E-state index contributed by atoms with van der Waals surface area (Å²) >= 11 is 0. The van der Waals surface area contributed by atoms with Crippen molar-refractivity contribution < 1.29 is 4.74 Å². The summed E-state index contributed by atoms with van der Waals surface area (Å²) in [6.07, 6.45) is 0. The predicted molar refractivity (Wildman–Crippen MR) is 76.4 cm³/mol. The van der Waals surface area contributed by atoms with Crippen molar-refractivity contribution >= 4 is 0 Å². The molecular formula is C17H20O. The van der Waals surface area contributed by atoms with E-state index < -0.39 is 0 Å². The number of rotatable bonds is 2. The quantitative estimate of drug-likeness (QED) is 0.711. The molecule has 1 nitrogen and oxygen atoms in total. The Morgan fingerprint density at radius 1 is 0.889 bits per heavy atom. The van der Waals surface area contributed by atoms with Crippen molar-refractivity contribution in [1.29, 1.82) is 0 Å². The van der Waals surface area contributed by atoms with E-state index in [4.69, 9.17) is 4.74 Å². The van der Waals surface area contributed by atoms with Crippen LogP contribution in [-0.4, -0.2) is 0 Å². The van der Waals surface area contributed by atoms with Crippen molar-refractivity contribution in [2.45, 2.75) is 33.1 Å². The van der Waals surface area contributed by atoms with Gasteiger partial charge in [-0.2, -0.15) is 0 Å². The fraction of sp³-hybridized carbons (Fsp3) is 0.294. The molecule has 2 rings (SSSR count). The molecule has 2 aromatic carbocycles. The summed E-state index contributed by atoms with van der Waals surface area (Å²) in [5.41, 5.74) is 2.53. The second-order valence-electron chi connectivity index (χ2n) is 5.66. The molecule has 0 aromatic heterocycles. The Hall–Kier alpha value is -1.76. The van der Waals surface area contributed by atoms with E-state index >= 15 is 0 Å². The number of hydrogen-bond donors (Lipinski definition) is 0. The second kappa shape index (κ2) is 4.85. The molecule has 0 bridgehead atoms. The lowest BCUT2D eigenvalue weighted by atomic mass is 9.86. The Kier molecular flexibility index (Phi) is 3.42. The molecule has 0 spiro atoms. The monoisotopic (exact) mass is 240 g/mol. The molecule has 18 heavy (non-hydrogen) atoms. The SMILES string of the molecule is Cc1ccc(C(C)(C)C)c(Oc2ccccc2)c1. The normalized spacial score (nSPS) is 11.3. The first-order chi connectivity index (χ1) is 8.47. The van der Waals surface area contributed by atoms with Crippen molar-refractivity contribution in [3.05, 3.63) is 59.7 Å². The summed E-state index contributed by atoms with van der Waals surface area (Å²) in [5, 5.41) is 0. The van der Waals surface area contributed by atoms with Gasteiger partial charge in [-0.1, -0.05) is 51.1 Å². The third-order valence-electron chi connectivity index (χ3n) is 2.92. The minimum absolute atomic E-state index is 0.0812. The molecule has 0 fully saturated rings. The van der Waals surface area contributed by atoms with Crippen LogP contribution in [-0.2, 0) is 5.41 Å². The van der Waals surface area contributed by atoms with Crippen molar-refractivity contribution in [3.8, 4) is 11.5 Å². The van der Waals surface area contributed by atoms with Crippen LogP contribution in [0, 0.1) is 6.92 Å². The van der Waals surface area contributed by atoms with E-state index in [0.717, 1.165) is 11.5 Å². The van der Waals surface area contributed by atoms with E-state index in [1.807, 2.05) is 30.3 Å². The molecule has 0 N–H and O–H groups in total. The van der Waals surface area contributed by atoms with Gasteiger partial charge in [-0.3, -0.25) is 0 Å². The number of aryl methyl sites for hydroxylation is 1. The first-order valence-corrected chi connectivity index (χ1v) is 6.31. The topological polar surface area (TPSA) is 9.23 Å². The fourth-order valence-electron chi connectivity index (χ4n) is 1.95. The zero-order valence-electron chi connectivity index (χ0n) is 11.5. The Morgan fingerprint density at radius 3 is 2.17 bits per heavy atom. The average molecular weight is 240 g/mol. The van der Waals surface area contributed by atoms with Gasteiger partial charge in [-0.15, -0.1) is 0 Å². The van der Waals surface area contributed by atoms with Crippen LogP contribution in [0.15, 0.2) is 48.5 Å². The van der Waals surface area contributed by atoms with Crippen LogP contribution in [0.1, 0.15) is 31.9 Å². The molecule has 0 saturated heterocycles. The molecule has 0 saturated carbocycles. The smallest absolute Gasteiger partial charge is 0.131 e. The van der Waals surface area contributed by atoms with Gasteiger partial charge < -0.3 is 4.74 Å². The maximum atomic E-state index is 6.02. The summed E-state index contributed by atoms with van der Waals surface area (Å²) in [4.78, 5) is 0. The fourth-order valence-corrected chi connectivity index (χ4v) is 1.95. The van der Waals surface area contributed by atoms with Gasteiger partial charge in [0, 0.05) is 5.56 Å². The number of para-hydroxylation sites is 1. The van der Waals surface area contributed by atoms with Crippen molar-refractivity contribution in [2.24, 2.45) is 0 Å². The standard InChI is InChI=1S/C17H20O/c1-13-10-11-15(17(2,3)4)16(12-13)18-14-8-6-5-7-9-14/h5-12H,1-4H3. The molecule has 0 unspecified atom stereocenters. The van der Waals surface area contributed by atoms with Gasteiger partial charge >= 0.3 is 0 Å². The molecule has 0 aliphatic heterocycles. The van der Waals surface area contributed by atoms with Gasteiger partial charge in [0.25, 0.3) is 0 Å². The first-order valence-electron chi connectivity index (χ1n) is 6.31. The second-order valence-corrected chi connectivity index (χ2v) is 5.66. The summed E-state index contributed by atoms with van der Waals surface area (Å²) in [7, 11) is 0. The minimum atomic E-state index is 0.0812. The lowest BCUT2D eigenvalue weighted by molar-refractivity contribution is 0.455. The predicted octanol–water partition coefficient (Wildman–Crippen LogP) is 5.08. The average Bonchev–Trinajstić information content (AvgIpc) is 2.28. The van der Waals surface area contributed by atoms with Gasteiger partial charge in [0.1, 0.15) is 11.5 Å².